The van der Waals surface area contributed by atoms with E-state index in [4.69, 9.17) is 4.74 Å². The average molecular weight is 239 g/mol. The molecule has 0 saturated heterocycles. The SMILES string of the molecule is CCNC(c1ccc(F)cc1C)C(CC)OC. The summed E-state index contributed by atoms with van der Waals surface area (Å²) in [6.45, 7) is 6.96. The lowest BCUT2D eigenvalue weighted by molar-refractivity contribution is 0.0654. The Balaban J connectivity index is 3.03. The summed E-state index contributed by atoms with van der Waals surface area (Å²) in [5, 5.41) is 3.41. The summed E-state index contributed by atoms with van der Waals surface area (Å²) in [5.74, 6) is -0.188. The number of likely N-dealkylation sites (N-methyl/N-ethyl adjacent to an activating group) is 1. The van der Waals surface area contributed by atoms with Crippen LogP contribution in [0, 0.1) is 12.7 Å². The maximum atomic E-state index is 13.1. The van der Waals surface area contributed by atoms with Gasteiger partial charge in [0.1, 0.15) is 5.82 Å². The Bertz CT molecular complexity index is 350. The number of benzene rings is 1. The van der Waals surface area contributed by atoms with E-state index in [0.717, 1.165) is 24.1 Å². The summed E-state index contributed by atoms with van der Waals surface area (Å²) in [6, 6.07) is 5.05. The highest BCUT2D eigenvalue weighted by molar-refractivity contribution is 5.30. The third-order valence-corrected chi connectivity index (χ3v) is 3.07. The summed E-state index contributed by atoms with van der Waals surface area (Å²) in [6.07, 6.45) is 1.03. The maximum Gasteiger partial charge on any atom is 0.123 e. The molecule has 0 heterocycles. The molecule has 2 unspecified atom stereocenters. The summed E-state index contributed by atoms with van der Waals surface area (Å²) in [7, 11) is 1.72. The number of ether oxygens (including phenoxy) is 1. The van der Waals surface area contributed by atoms with E-state index in [2.05, 4.69) is 19.2 Å². The predicted octanol–water partition coefficient (Wildman–Crippen LogP) is 3.21. The normalized spacial score (nSPS) is 14.6. The molecular weight excluding hydrogens is 217 g/mol. The number of aryl methyl sites for hydroxylation is 1. The lowest BCUT2D eigenvalue weighted by Gasteiger charge is -2.27. The molecule has 17 heavy (non-hydrogen) atoms. The van der Waals surface area contributed by atoms with Gasteiger partial charge in [-0.1, -0.05) is 19.9 Å². The minimum Gasteiger partial charge on any atom is -0.379 e. The van der Waals surface area contributed by atoms with Gasteiger partial charge in [-0.05, 0) is 43.1 Å². The summed E-state index contributed by atoms with van der Waals surface area (Å²) < 4.78 is 18.6. The Labute approximate surface area is 103 Å². The molecule has 0 aromatic heterocycles. The number of hydrogen-bond acceptors (Lipinski definition) is 2. The van der Waals surface area contributed by atoms with Crippen LogP contribution < -0.4 is 5.32 Å². The molecule has 0 aliphatic heterocycles. The number of hydrogen-bond donors (Lipinski definition) is 1. The van der Waals surface area contributed by atoms with Crippen LogP contribution in [-0.2, 0) is 4.74 Å². The first-order chi connectivity index (χ1) is 8.13. The van der Waals surface area contributed by atoms with Crippen LogP contribution in [0.1, 0.15) is 37.4 Å². The minimum absolute atomic E-state index is 0.110. The second-order valence-electron chi connectivity index (χ2n) is 4.22. The van der Waals surface area contributed by atoms with Gasteiger partial charge in [-0.15, -0.1) is 0 Å². The van der Waals surface area contributed by atoms with E-state index in [1.54, 1.807) is 13.2 Å². The Kier molecular flexibility index (Phi) is 5.59. The molecule has 96 valence electrons. The quantitative estimate of drug-likeness (QED) is 0.823. The van der Waals surface area contributed by atoms with Gasteiger partial charge in [-0.2, -0.15) is 0 Å². The fourth-order valence-corrected chi connectivity index (χ4v) is 2.19. The lowest BCUT2D eigenvalue weighted by atomic mass is 9.95. The van der Waals surface area contributed by atoms with Crippen LogP contribution in [0.2, 0.25) is 0 Å². The van der Waals surface area contributed by atoms with E-state index in [0.29, 0.717) is 0 Å². The molecule has 0 bridgehead atoms. The lowest BCUT2D eigenvalue weighted by Crippen LogP contribution is -2.33. The van der Waals surface area contributed by atoms with Gasteiger partial charge < -0.3 is 10.1 Å². The fourth-order valence-electron chi connectivity index (χ4n) is 2.19. The highest BCUT2D eigenvalue weighted by atomic mass is 19.1. The Morgan fingerprint density at radius 1 is 1.35 bits per heavy atom. The van der Waals surface area contributed by atoms with Gasteiger partial charge in [0.15, 0.2) is 0 Å². The van der Waals surface area contributed by atoms with E-state index >= 15 is 0 Å². The van der Waals surface area contributed by atoms with E-state index in [-0.39, 0.29) is 18.0 Å². The first-order valence-corrected chi connectivity index (χ1v) is 6.16. The van der Waals surface area contributed by atoms with Crippen LogP contribution in [0.15, 0.2) is 18.2 Å². The van der Waals surface area contributed by atoms with Gasteiger partial charge in [-0.3, -0.25) is 0 Å². The number of methoxy groups -OCH3 is 1. The van der Waals surface area contributed by atoms with Crippen molar-refractivity contribution in [3.8, 4) is 0 Å². The Morgan fingerprint density at radius 3 is 2.53 bits per heavy atom. The van der Waals surface area contributed by atoms with Crippen molar-refractivity contribution in [2.75, 3.05) is 13.7 Å². The number of halogens is 1. The fraction of sp³-hybridized carbons (Fsp3) is 0.571. The van der Waals surface area contributed by atoms with Gasteiger partial charge in [-0.25, -0.2) is 4.39 Å². The molecule has 1 rings (SSSR count). The van der Waals surface area contributed by atoms with Crippen molar-refractivity contribution in [1.82, 2.24) is 5.32 Å². The molecular formula is C14H22FNO. The van der Waals surface area contributed by atoms with Crippen molar-refractivity contribution in [2.24, 2.45) is 0 Å². The van der Waals surface area contributed by atoms with E-state index in [1.807, 2.05) is 13.0 Å². The molecule has 1 N–H and O–H groups in total. The van der Waals surface area contributed by atoms with Crippen molar-refractivity contribution < 1.29 is 9.13 Å². The Morgan fingerprint density at radius 2 is 2.06 bits per heavy atom. The molecule has 3 heteroatoms. The smallest absolute Gasteiger partial charge is 0.123 e. The zero-order valence-electron chi connectivity index (χ0n) is 11.1. The van der Waals surface area contributed by atoms with Crippen molar-refractivity contribution in [3.63, 3.8) is 0 Å². The molecule has 0 radical (unpaired) electrons. The zero-order chi connectivity index (χ0) is 12.8. The van der Waals surface area contributed by atoms with Crippen molar-refractivity contribution in [3.05, 3.63) is 35.1 Å². The highest BCUT2D eigenvalue weighted by Crippen LogP contribution is 2.24. The predicted molar refractivity (Wildman–Crippen MR) is 68.6 cm³/mol. The van der Waals surface area contributed by atoms with Crippen LogP contribution >= 0.6 is 0 Å². The van der Waals surface area contributed by atoms with Crippen LogP contribution in [0.3, 0.4) is 0 Å². The third kappa shape index (κ3) is 3.51. The van der Waals surface area contributed by atoms with Crippen LogP contribution in [-0.4, -0.2) is 19.8 Å². The molecule has 0 spiro atoms. The molecule has 1 aromatic rings. The van der Waals surface area contributed by atoms with Gasteiger partial charge in [0.2, 0.25) is 0 Å². The molecule has 2 nitrogen and oxygen atoms in total. The van der Waals surface area contributed by atoms with E-state index in [9.17, 15) is 4.39 Å². The second kappa shape index (κ2) is 6.72. The zero-order valence-corrected chi connectivity index (χ0v) is 11.1. The molecule has 0 saturated carbocycles. The summed E-state index contributed by atoms with van der Waals surface area (Å²) in [5.41, 5.74) is 2.08. The maximum absolute atomic E-state index is 13.1. The topological polar surface area (TPSA) is 21.3 Å². The molecule has 0 aliphatic carbocycles. The van der Waals surface area contributed by atoms with Crippen LogP contribution in [0.4, 0.5) is 4.39 Å². The Hall–Kier alpha value is -0.930. The second-order valence-corrected chi connectivity index (χ2v) is 4.22. The number of rotatable bonds is 6. The van der Waals surface area contributed by atoms with E-state index < -0.39 is 0 Å². The third-order valence-electron chi connectivity index (χ3n) is 3.07. The molecule has 1 aromatic carbocycles. The minimum atomic E-state index is -0.188. The van der Waals surface area contributed by atoms with Crippen molar-refractivity contribution in [1.29, 1.82) is 0 Å². The van der Waals surface area contributed by atoms with Gasteiger partial charge in [0.25, 0.3) is 0 Å². The highest BCUT2D eigenvalue weighted by Gasteiger charge is 2.22. The number of nitrogens with one attached hydrogen (secondary N) is 1. The van der Waals surface area contributed by atoms with Crippen LogP contribution in [0.5, 0.6) is 0 Å². The van der Waals surface area contributed by atoms with E-state index in [1.165, 1.54) is 6.07 Å². The van der Waals surface area contributed by atoms with Gasteiger partial charge in [0, 0.05) is 7.11 Å². The summed E-state index contributed by atoms with van der Waals surface area (Å²) in [4.78, 5) is 0. The summed E-state index contributed by atoms with van der Waals surface area (Å²) >= 11 is 0. The van der Waals surface area contributed by atoms with Crippen molar-refractivity contribution in [2.45, 2.75) is 39.3 Å². The molecule has 2 atom stereocenters. The van der Waals surface area contributed by atoms with Gasteiger partial charge >= 0.3 is 0 Å². The monoisotopic (exact) mass is 239 g/mol. The molecule has 0 fully saturated rings. The molecule has 0 aliphatic rings. The first-order valence-electron chi connectivity index (χ1n) is 6.16. The van der Waals surface area contributed by atoms with Gasteiger partial charge in [0.05, 0.1) is 12.1 Å². The first kappa shape index (κ1) is 14.1. The van der Waals surface area contributed by atoms with Crippen LogP contribution in [0.25, 0.3) is 0 Å². The standard InChI is InChI=1S/C14H22FNO/c1-5-13(17-4)14(16-6-2)12-8-7-11(15)9-10(12)3/h7-9,13-14,16H,5-6H2,1-4H3. The van der Waals surface area contributed by atoms with Crippen molar-refractivity contribution >= 4 is 0 Å². The largest absolute Gasteiger partial charge is 0.379 e. The molecule has 0 amide bonds. The average Bonchev–Trinajstić information content (AvgIpc) is 2.30.